The van der Waals surface area contributed by atoms with Crippen LogP contribution >= 0.6 is 22.6 Å². The van der Waals surface area contributed by atoms with Gasteiger partial charge in [0.05, 0.1) is 5.52 Å². The monoisotopic (exact) mass is 410 g/mol. The van der Waals surface area contributed by atoms with Gasteiger partial charge in [-0.15, -0.1) is 0 Å². The van der Waals surface area contributed by atoms with Gasteiger partial charge in [0.1, 0.15) is 0 Å². The molecule has 2 N–H and O–H groups in total. The van der Waals surface area contributed by atoms with Crippen LogP contribution in [0.2, 0.25) is 0 Å². The van der Waals surface area contributed by atoms with Gasteiger partial charge in [-0.2, -0.15) is 13.2 Å². The second kappa shape index (κ2) is 5.38. The quantitative estimate of drug-likeness (QED) is 0.580. The van der Waals surface area contributed by atoms with Crippen LogP contribution in [0.15, 0.2) is 18.6 Å². The zero-order valence-electron chi connectivity index (χ0n) is 11.0. The molecule has 8 heteroatoms. The van der Waals surface area contributed by atoms with Gasteiger partial charge in [-0.05, 0) is 19.3 Å². The summed E-state index contributed by atoms with van der Waals surface area (Å²) in [6, 6.07) is 0.334. The number of nitrogens with zero attached hydrogens (tertiary/aromatic N) is 3. The first-order chi connectivity index (χ1) is 9.84. The molecule has 2 unspecified atom stereocenters. The van der Waals surface area contributed by atoms with Gasteiger partial charge in [0.15, 0.2) is 0 Å². The Bertz CT molecular complexity index is 654. The third kappa shape index (κ3) is 3.01. The Labute approximate surface area is 133 Å². The average Bonchev–Trinajstić information content (AvgIpc) is 2.83. The van der Waals surface area contributed by atoms with Crippen LogP contribution in [-0.4, -0.2) is 24.5 Å². The van der Waals surface area contributed by atoms with E-state index in [1.54, 1.807) is 12.4 Å². The molecule has 2 aromatic rings. The normalized spacial score (nSPS) is 27.2. The number of aromatic nitrogens is 3. The summed E-state index contributed by atoms with van der Waals surface area (Å²) in [5, 5.41) is 0.619. The fraction of sp³-hybridized carbons (Fsp3) is 0.538. The van der Waals surface area contributed by atoms with E-state index in [2.05, 4.69) is 32.6 Å². The minimum absolute atomic E-state index is 0.117. The van der Waals surface area contributed by atoms with E-state index in [0.29, 0.717) is 14.8 Å². The molecule has 3 rings (SSSR count). The third-order valence-corrected chi connectivity index (χ3v) is 5.41. The maximum absolute atomic E-state index is 12.6. The van der Waals surface area contributed by atoms with Gasteiger partial charge in [0.2, 0.25) is 5.82 Å². The van der Waals surface area contributed by atoms with Crippen molar-refractivity contribution in [3.05, 3.63) is 24.4 Å². The second-order valence-corrected chi connectivity index (χ2v) is 6.98. The Morgan fingerprint density at radius 2 is 2.05 bits per heavy atom. The van der Waals surface area contributed by atoms with Crippen LogP contribution in [0.4, 0.5) is 13.2 Å². The van der Waals surface area contributed by atoms with E-state index in [9.17, 15) is 13.2 Å². The van der Waals surface area contributed by atoms with Crippen molar-refractivity contribution in [1.29, 1.82) is 0 Å². The van der Waals surface area contributed by atoms with E-state index in [1.807, 2.05) is 4.57 Å². The standard InChI is InChI=1S/C13H14F3IN4/c14-13(15,16)12-19-4-7-5-21(6-11(7)20-12)8-1-2-9(17)10(18)3-8/h4-6,8-10H,1-3,18H2/t8?,9-,10?/m0/s1. The predicted octanol–water partition coefficient (Wildman–Crippen LogP) is 3.31. The molecule has 2 heterocycles. The molecule has 0 amide bonds. The maximum Gasteiger partial charge on any atom is 0.451 e. The van der Waals surface area contributed by atoms with E-state index in [0.717, 1.165) is 19.3 Å². The van der Waals surface area contributed by atoms with Gasteiger partial charge in [0.25, 0.3) is 0 Å². The van der Waals surface area contributed by atoms with Crippen molar-refractivity contribution in [3.63, 3.8) is 0 Å². The summed E-state index contributed by atoms with van der Waals surface area (Å²) in [4.78, 5) is 6.99. The van der Waals surface area contributed by atoms with E-state index in [-0.39, 0.29) is 12.1 Å². The lowest BCUT2D eigenvalue weighted by molar-refractivity contribution is -0.144. The molecule has 0 aliphatic heterocycles. The number of hydrogen-bond donors (Lipinski definition) is 1. The molecule has 2 aromatic heterocycles. The van der Waals surface area contributed by atoms with Crippen LogP contribution in [-0.2, 0) is 6.18 Å². The third-order valence-electron chi connectivity index (χ3n) is 3.87. The molecule has 4 nitrogen and oxygen atoms in total. The minimum Gasteiger partial charge on any atom is -0.348 e. The zero-order chi connectivity index (χ0) is 15.2. The summed E-state index contributed by atoms with van der Waals surface area (Å²) in [6.07, 6.45) is 3.00. The molecule has 21 heavy (non-hydrogen) atoms. The van der Waals surface area contributed by atoms with Crippen molar-refractivity contribution in [3.8, 4) is 0 Å². The Hall–Kier alpha value is -0.900. The topological polar surface area (TPSA) is 56.7 Å². The molecular formula is C13H14F3IN4. The van der Waals surface area contributed by atoms with Gasteiger partial charge in [-0.3, -0.25) is 0 Å². The summed E-state index contributed by atoms with van der Waals surface area (Å²) < 4.78 is 40.3. The van der Waals surface area contributed by atoms with E-state index in [1.165, 1.54) is 6.20 Å². The summed E-state index contributed by atoms with van der Waals surface area (Å²) in [5.74, 6) is -1.10. The predicted molar refractivity (Wildman–Crippen MR) is 81.2 cm³/mol. The van der Waals surface area contributed by atoms with Crippen molar-refractivity contribution >= 4 is 33.5 Å². The molecule has 0 bridgehead atoms. The number of alkyl halides is 4. The first kappa shape index (κ1) is 15.0. The molecule has 1 saturated carbocycles. The molecular weight excluding hydrogens is 396 g/mol. The Morgan fingerprint density at radius 1 is 1.29 bits per heavy atom. The molecule has 1 aliphatic rings. The van der Waals surface area contributed by atoms with E-state index < -0.39 is 12.0 Å². The average molecular weight is 410 g/mol. The van der Waals surface area contributed by atoms with Crippen molar-refractivity contribution in [2.24, 2.45) is 5.73 Å². The number of nitrogens with two attached hydrogens (primary N) is 1. The van der Waals surface area contributed by atoms with Crippen molar-refractivity contribution in [2.45, 2.75) is 41.4 Å². The Morgan fingerprint density at radius 3 is 2.71 bits per heavy atom. The second-order valence-electron chi connectivity index (χ2n) is 5.38. The first-order valence-electron chi connectivity index (χ1n) is 6.65. The van der Waals surface area contributed by atoms with Crippen LogP contribution in [0.3, 0.4) is 0 Å². The highest BCUT2D eigenvalue weighted by Gasteiger charge is 2.35. The molecule has 1 aliphatic carbocycles. The summed E-state index contributed by atoms with van der Waals surface area (Å²) in [5.41, 5.74) is 6.41. The lowest BCUT2D eigenvalue weighted by atomic mass is 9.91. The first-order valence-corrected chi connectivity index (χ1v) is 7.90. The van der Waals surface area contributed by atoms with Crippen LogP contribution in [0.5, 0.6) is 0 Å². The molecule has 0 saturated heterocycles. The van der Waals surface area contributed by atoms with Gasteiger partial charge < -0.3 is 10.3 Å². The smallest absolute Gasteiger partial charge is 0.348 e. The van der Waals surface area contributed by atoms with E-state index >= 15 is 0 Å². The fourth-order valence-electron chi connectivity index (χ4n) is 2.71. The van der Waals surface area contributed by atoms with Crippen LogP contribution in [0.25, 0.3) is 10.9 Å². The molecule has 0 spiro atoms. The molecule has 114 valence electrons. The van der Waals surface area contributed by atoms with Gasteiger partial charge >= 0.3 is 6.18 Å². The number of halogens is 4. The Balaban J connectivity index is 1.91. The van der Waals surface area contributed by atoms with Crippen molar-refractivity contribution in [1.82, 2.24) is 14.5 Å². The van der Waals surface area contributed by atoms with Gasteiger partial charge in [-0.25, -0.2) is 9.97 Å². The van der Waals surface area contributed by atoms with Crippen LogP contribution in [0, 0.1) is 0 Å². The fourth-order valence-corrected chi connectivity index (χ4v) is 3.36. The minimum atomic E-state index is -4.52. The summed E-state index contributed by atoms with van der Waals surface area (Å²) >= 11 is 2.36. The van der Waals surface area contributed by atoms with Crippen LogP contribution < -0.4 is 5.73 Å². The number of fused-ring (bicyclic) bond motifs is 1. The number of rotatable bonds is 1. The van der Waals surface area contributed by atoms with Gasteiger partial charge in [0, 0.05) is 40.0 Å². The summed E-state index contributed by atoms with van der Waals surface area (Å²) in [7, 11) is 0. The Kier molecular flexibility index (Phi) is 3.85. The lowest BCUT2D eigenvalue weighted by Crippen LogP contribution is -2.37. The highest BCUT2D eigenvalue weighted by Crippen LogP contribution is 2.33. The van der Waals surface area contributed by atoms with Crippen LogP contribution in [0.1, 0.15) is 31.1 Å². The molecule has 3 atom stereocenters. The van der Waals surface area contributed by atoms with Gasteiger partial charge in [-0.1, -0.05) is 22.6 Å². The lowest BCUT2D eigenvalue weighted by Gasteiger charge is -2.31. The largest absolute Gasteiger partial charge is 0.451 e. The van der Waals surface area contributed by atoms with Crippen molar-refractivity contribution in [2.75, 3.05) is 0 Å². The molecule has 0 radical (unpaired) electrons. The molecule has 0 aromatic carbocycles. The molecule has 1 fully saturated rings. The number of hydrogen-bond acceptors (Lipinski definition) is 3. The highest BCUT2D eigenvalue weighted by atomic mass is 127. The van der Waals surface area contributed by atoms with Crippen molar-refractivity contribution < 1.29 is 13.2 Å². The highest BCUT2D eigenvalue weighted by molar-refractivity contribution is 14.1. The summed E-state index contributed by atoms with van der Waals surface area (Å²) in [6.45, 7) is 0. The SMILES string of the molecule is NC1CC(n2cc3cnc(C(F)(F)F)nc3c2)CC[C@@H]1I. The van der Waals surface area contributed by atoms with E-state index in [4.69, 9.17) is 5.73 Å². The maximum atomic E-state index is 12.6. The zero-order valence-corrected chi connectivity index (χ0v) is 13.2.